The molecule has 4 fully saturated rings. The van der Waals surface area contributed by atoms with Crippen LogP contribution in [0.25, 0.3) is 0 Å². The summed E-state index contributed by atoms with van der Waals surface area (Å²) in [6.45, 7) is 5.38. The Morgan fingerprint density at radius 2 is 1.67 bits per heavy atom. The fourth-order valence-electron chi connectivity index (χ4n) is 5.43. The largest absolute Gasteiger partial charge is 0.355 e. The Bertz CT molecular complexity index is 365. The molecule has 120 valence electrons. The van der Waals surface area contributed by atoms with E-state index in [4.69, 9.17) is 0 Å². The normalized spacial score (nSPS) is 37.8. The average Bonchev–Trinajstić information content (AvgIpc) is 2.42. The molecule has 4 aliphatic rings. The van der Waals surface area contributed by atoms with Crippen molar-refractivity contribution in [2.75, 3.05) is 11.9 Å². The molecule has 0 aromatic rings. The van der Waals surface area contributed by atoms with Crippen molar-refractivity contribution < 1.29 is 4.79 Å². The first-order valence-corrected chi connectivity index (χ1v) is 9.94. The third-order valence-electron chi connectivity index (χ3n) is 6.26. The smallest absolute Gasteiger partial charge is 0.223 e. The highest BCUT2D eigenvalue weighted by atomic mass is 79.9. The third-order valence-corrected chi connectivity index (χ3v) is 6.82. The van der Waals surface area contributed by atoms with Crippen LogP contribution in [0, 0.1) is 35.0 Å². The van der Waals surface area contributed by atoms with Gasteiger partial charge < -0.3 is 5.32 Å². The van der Waals surface area contributed by atoms with E-state index in [9.17, 15) is 4.79 Å². The fraction of sp³-hybridized carbons (Fsp3) is 0.944. The number of hydrogen-bond acceptors (Lipinski definition) is 1. The lowest BCUT2D eigenvalue weighted by atomic mass is 9.51. The van der Waals surface area contributed by atoms with Crippen molar-refractivity contribution in [3.63, 3.8) is 0 Å². The summed E-state index contributed by atoms with van der Waals surface area (Å²) in [5.74, 6) is 4.01. The first-order chi connectivity index (χ1) is 9.98. The Hall–Kier alpha value is -0.0500. The maximum absolute atomic E-state index is 12.7. The van der Waals surface area contributed by atoms with Gasteiger partial charge in [0.15, 0.2) is 0 Å². The van der Waals surface area contributed by atoms with E-state index in [0.29, 0.717) is 23.7 Å². The van der Waals surface area contributed by atoms with Crippen LogP contribution in [0.2, 0.25) is 0 Å². The van der Waals surface area contributed by atoms with Crippen molar-refractivity contribution in [2.45, 2.75) is 58.8 Å². The highest BCUT2D eigenvalue weighted by Gasteiger charge is 2.50. The molecule has 0 atom stereocenters. The van der Waals surface area contributed by atoms with Crippen molar-refractivity contribution in [3.05, 3.63) is 0 Å². The molecule has 4 aliphatic carbocycles. The molecular formula is C18H30BrNO. The molecule has 1 N–H and O–H groups in total. The summed E-state index contributed by atoms with van der Waals surface area (Å²) in [6, 6.07) is 0. The molecule has 0 aliphatic heterocycles. The topological polar surface area (TPSA) is 29.1 Å². The van der Waals surface area contributed by atoms with Crippen LogP contribution in [0.15, 0.2) is 0 Å². The molecule has 0 spiro atoms. The van der Waals surface area contributed by atoms with E-state index in [0.717, 1.165) is 23.7 Å². The van der Waals surface area contributed by atoms with Gasteiger partial charge in [0.2, 0.25) is 5.91 Å². The fourth-order valence-corrected chi connectivity index (χ4v) is 5.71. The minimum atomic E-state index is 0.218. The van der Waals surface area contributed by atoms with Crippen LogP contribution in [0.4, 0.5) is 0 Å². The van der Waals surface area contributed by atoms with Crippen molar-refractivity contribution >= 4 is 21.8 Å². The predicted molar refractivity (Wildman–Crippen MR) is 90.4 cm³/mol. The quantitative estimate of drug-likeness (QED) is 0.703. The molecular weight excluding hydrogens is 326 g/mol. The minimum Gasteiger partial charge on any atom is -0.355 e. The van der Waals surface area contributed by atoms with Crippen LogP contribution in [-0.4, -0.2) is 17.8 Å². The van der Waals surface area contributed by atoms with Gasteiger partial charge in [-0.05, 0) is 74.0 Å². The van der Waals surface area contributed by atoms with Crippen LogP contribution >= 0.6 is 15.9 Å². The summed E-state index contributed by atoms with van der Waals surface area (Å²) in [4.78, 5) is 12.7. The number of alkyl halides is 1. The second-order valence-corrected chi connectivity index (χ2v) is 9.42. The zero-order valence-electron chi connectivity index (χ0n) is 13.5. The van der Waals surface area contributed by atoms with E-state index in [1.807, 2.05) is 0 Å². The summed E-state index contributed by atoms with van der Waals surface area (Å²) < 4.78 is 0. The molecule has 0 heterocycles. The molecule has 2 nitrogen and oxygen atoms in total. The molecule has 0 unspecified atom stereocenters. The summed E-state index contributed by atoms with van der Waals surface area (Å²) in [7, 11) is 0. The molecule has 21 heavy (non-hydrogen) atoms. The van der Waals surface area contributed by atoms with E-state index in [-0.39, 0.29) is 5.41 Å². The zero-order chi connectivity index (χ0) is 15.0. The van der Waals surface area contributed by atoms with Crippen molar-refractivity contribution in [1.29, 1.82) is 0 Å². The maximum atomic E-state index is 12.7. The highest BCUT2D eigenvalue weighted by Crippen LogP contribution is 2.56. The lowest BCUT2D eigenvalue weighted by Crippen LogP contribution is -2.51. The van der Waals surface area contributed by atoms with E-state index in [2.05, 4.69) is 35.1 Å². The molecule has 0 saturated heterocycles. The van der Waals surface area contributed by atoms with E-state index in [1.54, 1.807) is 0 Å². The number of rotatable bonds is 6. The van der Waals surface area contributed by atoms with Crippen molar-refractivity contribution in [2.24, 2.45) is 35.0 Å². The Morgan fingerprint density at radius 1 is 1.10 bits per heavy atom. The molecule has 4 rings (SSSR count). The molecule has 0 aromatic heterocycles. The van der Waals surface area contributed by atoms with Crippen LogP contribution < -0.4 is 5.32 Å². The zero-order valence-corrected chi connectivity index (χ0v) is 15.1. The summed E-state index contributed by atoms with van der Waals surface area (Å²) in [6.07, 6.45) is 9.13. The second-order valence-electron chi connectivity index (χ2n) is 8.63. The maximum Gasteiger partial charge on any atom is 0.223 e. The predicted octanol–water partition coefficient (Wildman–Crippen LogP) is 4.38. The van der Waals surface area contributed by atoms with Gasteiger partial charge in [0.05, 0.1) is 0 Å². The van der Waals surface area contributed by atoms with Crippen LogP contribution in [-0.2, 0) is 4.79 Å². The van der Waals surface area contributed by atoms with Crippen LogP contribution in [0.1, 0.15) is 58.8 Å². The lowest BCUT2D eigenvalue weighted by molar-refractivity contribution is -0.138. The van der Waals surface area contributed by atoms with Crippen LogP contribution in [0.5, 0.6) is 0 Å². The standard InChI is InChI=1S/C18H30BrNO/c1-18(2,4-3-5-19)11-20-17(21)16-14-7-12-6-13(9-14)10-15(16)8-12/h12-16H,3-11H2,1-2H3,(H,20,21). The Labute approximate surface area is 138 Å². The van der Waals surface area contributed by atoms with Gasteiger partial charge in [-0.1, -0.05) is 29.8 Å². The van der Waals surface area contributed by atoms with Gasteiger partial charge in [-0.3, -0.25) is 4.79 Å². The monoisotopic (exact) mass is 355 g/mol. The summed E-state index contributed by atoms with van der Waals surface area (Å²) in [5, 5.41) is 4.36. The SMILES string of the molecule is CC(C)(CCCBr)CNC(=O)C1C2CC3CC(C2)CC1C3. The number of amides is 1. The Kier molecular flexibility index (Phi) is 4.69. The highest BCUT2D eigenvalue weighted by molar-refractivity contribution is 9.09. The second kappa shape index (κ2) is 6.22. The van der Waals surface area contributed by atoms with E-state index in [1.165, 1.54) is 44.9 Å². The van der Waals surface area contributed by atoms with E-state index < -0.39 is 0 Å². The van der Waals surface area contributed by atoms with Gasteiger partial charge in [0.1, 0.15) is 0 Å². The molecule has 3 heteroatoms. The minimum absolute atomic E-state index is 0.218. The average molecular weight is 356 g/mol. The van der Waals surface area contributed by atoms with Crippen molar-refractivity contribution in [3.8, 4) is 0 Å². The van der Waals surface area contributed by atoms with Crippen molar-refractivity contribution in [1.82, 2.24) is 5.32 Å². The Morgan fingerprint density at radius 3 is 2.19 bits per heavy atom. The lowest BCUT2D eigenvalue weighted by Gasteiger charge is -2.53. The van der Waals surface area contributed by atoms with Gasteiger partial charge in [0, 0.05) is 17.8 Å². The number of hydrogen-bond donors (Lipinski definition) is 1. The summed E-state index contributed by atoms with van der Waals surface area (Å²) in [5.41, 5.74) is 0.218. The number of halogens is 1. The summed E-state index contributed by atoms with van der Waals surface area (Å²) >= 11 is 3.50. The van der Waals surface area contributed by atoms with Crippen LogP contribution in [0.3, 0.4) is 0 Å². The third kappa shape index (κ3) is 3.48. The molecule has 0 aromatic carbocycles. The van der Waals surface area contributed by atoms with E-state index >= 15 is 0 Å². The molecule has 4 saturated carbocycles. The van der Waals surface area contributed by atoms with Gasteiger partial charge in [-0.25, -0.2) is 0 Å². The molecule has 1 amide bonds. The number of carbonyl (C=O) groups is 1. The van der Waals surface area contributed by atoms with Gasteiger partial charge >= 0.3 is 0 Å². The first-order valence-electron chi connectivity index (χ1n) is 8.82. The van der Waals surface area contributed by atoms with Gasteiger partial charge in [-0.15, -0.1) is 0 Å². The van der Waals surface area contributed by atoms with Gasteiger partial charge in [-0.2, -0.15) is 0 Å². The number of carbonyl (C=O) groups excluding carboxylic acids is 1. The molecule has 0 radical (unpaired) electrons. The first kappa shape index (κ1) is 15.8. The number of nitrogens with one attached hydrogen (secondary N) is 1. The Balaban J connectivity index is 1.54. The molecule has 4 bridgehead atoms. The van der Waals surface area contributed by atoms with Gasteiger partial charge in [0.25, 0.3) is 0 Å².